The predicted octanol–water partition coefficient (Wildman–Crippen LogP) is 5.24. The summed E-state index contributed by atoms with van der Waals surface area (Å²) in [5.41, 5.74) is 3.25. The number of carbonyl (C=O) groups excluding carboxylic acids is 1. The Kier molecular flexibility index (Phi) is 6.70. The van der Waals surface area contributed by atoms with Crippen LogP contribution in [0.15, 0.2) is 18.2 Å². The molecule has 0 aliphatic heterocycles. The van der Waals surface area contributed by atoms with Crippen LogP contribution in [0.3, 0.4) is 0 Å². The Bertz CT molecular complexity index is 359. The van der Waals surface area contributed by atoms with Gasteiger partial charge < -0.3 is 0 Å². The van der Waals surface area contributed by atoms with Gasteiger partial charge in [0.2, 0.25) is 0 Å². The summed E-state index contributed by atoms with van der Waals surface area (Å²) in [6.07, 6.45) is 8.12. The average Bonchev–Trinajstić information content (AvgIpc) is 2.32. The van der Waals surface area contributed by atoms with Gasteiger partial charge in [0.15, 0.2) is 5.78 Å². The molecule has 0 aromatic heterocycles. The molecule has 0 amide bonds. The van der Waals surface area contributed by atoms with E-state index in [-0.39, 0.29) is 0 Å². The summed E-state index contributed by atoms with van der Waals surface area (Å²) < 4.78 is 0. The molecule has 1 heteroatoms. The Labute approximate surface area is 112 Å². The quantitative estimate of drug-likeness (QED) is 0.453. The molecule has 1 aromatic rings. The monoisotopic (exact) mass is 246 g/mol. The normalized spacial score (nSPS) is 10.6. The standard InChI is InChI=1S/C17H26O/c1-4-5-6-7-8-9-10-17(18)16-12-14(2)11-15(3)13-16/h11-13H,4-10H2,1-3H3. The topological polar surface area (TPSA) is 17.1 Å². The zero-order chi connectivity index (χ0) is 13.4. The molecular formula is C17H26O. The van der Waals surface area contributed by atoms with E-state index in [9.17, 15) is 4.79 Å². The zero-order valence-electron chi connectivity index (χ0n) is 12.1. The van der Waals surface area contributed by atoms with E-state index in [1.54, 1.807) is 0 Å². The number of ketones is 1. The van der Waals surface area contributed by atoms with Crippen LogP contribution in [-0.2, 0) is 0 Å². The van der Waals surface area contributed by atoms with Crippen molar-refractivity contribution in [2.75, 3.05) is 0 Å². The summed E-state index contributed by atoms with van der Waals surface area (Å²) in [6, 6.07) is 6.13. The number of benzene rings is 1. The minimum Gasteiger partial charge on any atom is -0.294 e. The Morgan fingerprint density at radius 1 is 0.889 bits per heavy atom. The van der Waals surface area contributed by atoms with Crippen LogP contribution in [0.4, 0.5) is 0 Å². The third-order valence-corrected chi connectivity index (χ3v) is 3.30. The molecule has 1 aromatic carbocycles. The molecule has 0 radical (unpaired) electrons. The van der Waals surface area contributed by atoms with E-state index in [4.69, 9.17) is 0 Å². The highest BCUT2D eigenvalue weighted by atomic mass is 16.1. The Morgan fingerprint density at radius 2 is 1.44 bits per heavy atom. The van der Waals surface area contributed by atoms with E-state index in [0.717, 1.165) is 12.0 Å². The van der Waals surface area contributed by atoms with Gasteiger partial charge in [-0.2, -0.15) is 0 Å². The molecule has 0 bridgehead atoms. The highest BCUT2D eigenvalue weighted by Crippen LogP contribution is 2.14. The van der Waals surface area contributed by atoms with Crippen molar-refractivity contribution in [3.05, 3.63) is 34.9 Å². The molecule has 0 saturated heterocycles. The highest BCUT2D eigenvalue weighted by molar-refractivity contribution is 5.96. The second-order valence-electron chi connectivity index (χ2n) is 5.32. The molecule has 100 valence electrons. The first-order valence-electron chi connectivity index (χ1n) is 7.25. The summed E-state index contributed by atoms with van der Waals surface area (Å²) in [5, 5.41) is 0. The van der Waals surface area contributed by atoms with Gasteiger partial charge in [-0.05, 0) is 32.4 Å². The Balaban J connectivity index is 2.32. The van der Waals surface area contributed by atoms with Gasteiger partial charge in [-0.25, -0.2) is 0 Å². The van der Waals surface area contributed by atoms with Crippen LogP contribution in [-0.4, -0.2) is 5.78 Å². The molecule has 0 saturated carbocycles. The van der Waals surface area contributed by atoms with Gasteiger partial charge >= 0.3 is 0 Å². The zero-order valence-corrected chi connectivity index (χ0v) is 12.1. The first kappa shape index (κ1) is 14.9. The third-order valence-electron chi connectivity index (χ3n) is 3.30. The number of unbranched alkanes of at least 4 members (excludes halogenated alkanes) is 5. The molecule has 0 fully saturated rings. The molecule has 0 aliphatic carbocycles. The molecule has 1 nitrogen and oxygen atoms in total. The maximum absolute atomic E-state index is 12.0. The number of rotatable bonds is 8. The van der Waals surface area contributed by atoms with Gasteiger partial charge in [0, 0.05) is 12.0 Å². The summed E-state index contributed by atoms with van der Waals surface area (Å²) in [5.74, 6) is 0.303. The minimum atomic E-state index is 0.303. The third kappa shape index (κ3) is 5.48. The molecule has 0 spiro atoms. The lowest BCUT2D eigenvalue weighted by molar-refractivity contribution is 0.0979. The van der Waals surface area contributed by atoms with E-state index in [1.165, 1.54) is 43.2 Å². The minimum absolute atomic E-state index is 0.303. The van der Waals surface area contributed by atoms with Gasteiger partial charge in [-0.1, -0.05) is 56.2 Å². The summed E-state index contributed by atoms with van der Waals surface area (Å²) in [4.78, 5) is 12.0. The predicted molar refractivity (Wildman–Crippen MR) is 78.2 cm³/mol. The lowest BCUT2D eigenvalue weighted by atomic mass is 10.00. The van der Waals surface area contributed by atoms with Crippen LogP contribution in [0.25, 0.3) is 0 Å². The van der Waals surface area contributed by atoms with Gasteiger partial charge in [0.25, 0.3) is 0 Å². The average molecular weight is 246 g/mol. The molecule has 0 N–H and O–H groups in total. The van der Waals surface area contributed by atoms with Gasteiger partial charge in [0.1, 0.15) is 0 Å². The molecule has 0 atom stereocenters. The smallest absolute Gasteiger partial charge is 0.162 e. The second kappa shape index (κ2) is 8.07. The number of Topliss-reactive ketones (excluding diaryl/α,β-unsaturated/α-hetero) is 1. The van der Waals surface area contributed by atoms with Crippen LogP contribution in [0.5, 0.6) is 0 Å². The summed E-state index contributed by atoms with van der Waals surface area (Å²) >= 11 is 0. The fourth-order valence-electron chi connectivity index (χ4n) is 2.35. The van der Waals surface area contributed by atoms with Crippen molar-refractivity contribution in [1.29, 1.82) is 0 Å². The molecule has 0 heterocycles. The first-order valence-corrected chi connectivity index (χ1v) is 7.25. The largest absolute Gasteiger partial charge is 0.294 e. The van der Waals surface area contributed by atoms with E-state index in [0.29, 0.717) is 12.2 Å². The fraction of sp³-hybridized carbons (Fsp3) is 0.588. The lowest BCUT2D eigenvalue weighted by Gasteiger charge is -2.04. The summed E-state index contributed by atoms with van der Waals surface area (Å²) in [7, 11) is 0. The number of carbonyl (C=O) groups is 1. The molecule has 18 heavy (non-hydrogen) atoms. The van der Waals surface area contributed by atoms with E-state index in [1.807, 2.05) is 12.1 Å². The number of hydrogen-bond donors (Lipinski definition) is 0. The molecular weight excluding hydrogens is 220 g/mol. The fourth-order valence-corrected chi connectivity index (χ4v) is 2.35. The number of hydrogen-bond acceptors (Lipinski definition) is 1. The Morgan fingerprint density at radius 3 is 2.06 bits per heavy atom. The number of aryl methyl sites for hydroxylation is 2. The van der Waals surface area contributed by atoms with Crippen molar-refractivity contribution in [1.82, 2.24) is 0 Å². The van der Waals surface area contributed by atoms with Crippen molar-refractivity contribution < 1.29 is 4.79 Å². The van der Waals surface area contributed by atoms with Crippen molar-refractivity contribution >= 4 is 5.78 Å². The van der Waals surface area contributed by atoms with Crippen LogP contribution in [0.2, 0.25) is 0 Å². The van der Waals surface area contributed by atoms with Crippen LogP contribution < -0.4 is 0 Å². The van der Waals surface area contributed by atoms with Crippen LogP contribution in [0, 0.1) is 13.8 Å². The van der Waals surface area contributed by atoms with Gasteiger partial charge in [0.05, 0.1) is 0 Å². The van der Waals surface area contributed by atoms with Crippen LogP contribution in [0.1, 0.15) is 73.4 Å². The second-order valence-corrected chi connectivity index (χ2v) is 5.32. The van der Waals surface area contributed by atoms with E-state index < -0.39 is 0 Å². The lowest BCUT2D eigenvalue weighted by Crippen LogP contribution is -2.00. The van der Waals surface area contributed by atoms with Crippen molar-refractivity contribution in [2.45, 2.75) is 65.7 Å². The maximum Gasteiger partial charge on any atom is 0.162 e. The van der Waals surface area contributed by atoms with Gasteiger partial charge in [-0.3, -0.25) is 4.79 Å². The van der Waals surface area contributed by atoms with Crippen LogP contribution >= 0.6 is 0 Å². The SMILES string of the molecule is CCCCCCCCC(=O)c1cc(C)cc(C)c1. The molecule has 0 aliphatic rings. The Hall–Kier alpha value is -1.11. The first-order chi connectivity index (χ1) is 8.63. The van der Waals surface area contributed by atoms with Crippen molar-refractivity contribution in [2.24, 2.45) is 0 Å². The van der Waals surface area contributed by atoms with E-state index in [2.05, 4.69) is 26.8 Å². The molecule has 0 unspecified atom stereocenters. The van der Waals surface area contributed by atoms with Crippen molar-refractivity contribution in [3.8, 4) is 0 Å². The molecule has 1 rings (SSSR count). The maximum atomic E-state index is 12.0. The summed E-state index contributed by atoms with van der Waals surface area (Å²) in [6.45, 7) is 6.33. The van der Waals surface area contributed by atoms with Gasteiger partial charge in [-0.15, -0.1) is 0 Å². The highest BCUT2D eigenvalue weighted by Gasteiger charge is 2.06. The van der Waals surface area contributed by atoms with E-state index >= 15 is 0 Å². The van der Waals surface area contributed by atoms with Crippen molar-refractivity contribution in [3.63, 3.8) is 0 Å².